The Morgan fingerprint density at radius 1 is 1.47 bits per heavy atom. The van der Waals surface area contributed by atoms with Crippen LogP contribution in [-0.2, 0) is 6.42 Å². The normalized spacial score (nSPS) is 15.3. The number of aryl methyl sites for hydroxylation is 2. The van der Waals surface area contributed by atoms with Crippen LogP contribution in [0.2, 0.25) is 0 Å². The van der Waals surface area contributed by atoms with E-state index in [4.69, 9.17) is 5.73 Å². The summed E-state index contributed by atoms with van der Waals surface area (Å²) in [7, 11) is 0. The van der Waals surface area contributed by atoms with Gasteiger partial charge in [-0.1, -0.05) is 6.92 Å². The van der Waals surface area contributed by atoms with Gasteiger partial charge in [0, 0.05) is 23.3 Å². The van der Waals surface area contributed by atoms with Gasteiger partial charge in [0.25, 0.3) is 0 Å². The van der Waals surface area contributed by atoms with E-state index in [1.807, 2.05) is 6.92 Å². The number of hydrogen-bond donors (Lipinski definition) is 2. The Balaban J connectivity index is 2.82. The summed E-state index contributed by atoms with van der Waals surface area (Å²) in [5, 5.41) is 10.5. The largest absolute Gasteiger partial charge is 0.396 e. The molecule has 0 bridgehead atoms. The number of nitrogens with zero attached hydrogens (tertiary/aromatic N) is 1. The highest BCUT2D eigenvalue weighted by Gasteiger charge is 2.27. The molecule has 4 heteroatoms. The van der Waals surface area contributed by atoms with Gasteiger partial charge in [-0.05, 0) is 20.3 Å². The van der Waals surface area contributed by atoms with Gasteiger partial charge in [0.15, 0.2) is 0 Å². The second-order valence-electron chi connectivity index (χ2n) is 4.14. The van der Waals surface area contributed by atoms with Crippen molar-refractivity contribution in [3.63, 3.8) is 0 Å². The van der Waals surface area contributed by atoms with Crippen LogP contribution >= 0.6 is 11.3 Å². The first kappa shape index (κ1) is 12.6. The van der Waals surface area contributed by atoms with E-state index in [-0.39, 0.29) is 12.0 Å². The highest BCUT2D eigenvalue weighted by atomic mass is 32.1. The van der Waals surface area contributed by atoms with Crippen LogP contribution in [0.25, 0.3) is 0 Å². The van der Waals surface area contributed by atoms with E-state index in [9.17, 15) is 5.11 Å². The molecule has 0 aliphatic heterocycles. The molecular formula is C11H20N2OS. The third-order valence-electron chi connectivity index (χ3n) is 3.12. The van der Waals surface area contributed by atoms with Gasteiger partial charge >= 0.3 is 0 Å². The molecule has 0 aliphatic carbocycles. The maximum absolute atomic E-state index is 9.41. The van der Waals surface area contributed by atoms with Crippen molar-refractivity contribution in [2.45, 2.75) is 33.6 Å². The molecule has 1 aromatic heterocycles. The lowest BCUT2D eigenvalue weighted by molar-refractivity contribution is 0.127. The molecule has 1 unspecified atom stereocenters. The molecule has 0 radical (unpaired) electrons. The van der Waals surface area contributed by atoms with Crippen molar-refractivity contribution in [3.8, 4) is 0 Å². The predicted molar refractivity (Wildman–Crippen MR) is 64.2 cm³/mol. The Kier molecular flexibility index (Phi) is 4.25. The average Bonchev–Trinajstić information content (AvgIpc) is 2.55. The molecule has 1 atom stereocenters. The molecule has 0 amide bonds. The Labute approximate surface area is 95.3 Å². The van der Waals surface area contributed by atoms with Crippen LogP contribution in [0.1, 0.15) is 28.9 Å². The Morgan fingerprint density at radius 2 is 2.13 bits per heavy atom. The molecule has 15 heavy (non-hydrogen) atoms. The minimum Gasteiger partial charge on any atom is -0.396 e. The van der Waals surface area contributed by atoms with E-state index in [1.54, 1.807) is 11.3 Å². The van der Waals surface area contributed by atoms with Gasteiger partial charge in [-0.15, -0.1) is 11.3 Å². The van der Waals surface area contributed by atoms with Gasteiger partial charge in [-0.2, -0.15) is 0 Å². The third-order valence-corrected chi connectivity index (χ3v) is 4.19. The van der Waals surface area contributed by atoms with Crippen LogP contribution in [0.3, 0.4) is 0 Å². The van der Waals surface area contributed by atoms with Gasteiger partial charge in [0.2, 0.25) is 0 Å². The molecule has 1 aromatic rings. The van der Waals surface area contributed by atoms with Crippen LogP contribution in [-0.4, -0.2) is 23.2 Å². The molecular weight excluding hydrogens is 208 g/mol. The topological polar surface area (TPSA) is 59.1 Å². The number of hydrogen-bond acceptors (Lipinski definition) is 4. The van der Waals surface area contributed by atoms with E-state index < -0.39 is 0 Å². The summed E-state index contributed by atoms with van der Waals surface area (Å²) < 4.78 is 0. The smallest absolute Gasteiger partial charge is 0.0937 e. The summed E-state index contributed by atoms with van der Waals surface area (Å²) in [5.74, 6) is 0. The second-order valence-corrected chi connectivity index (χ2v) is 5.43. The first-order valence-corrected chi connectivity index (χ1v) is 6.12. The number of aliphatic hydroxyl groups excluding tert-OH is 1. The number of aromatic nitrogens is 1. The minimum absolute atomic E-state index is 0.137. The van der Waals surface area contributed by atoms with Crippen LogP contribution in [0, 0.1) is 19.3 Å². The Hall–Kier alpha value is -0.450. The Morgan fingerprint density at radius 3 is 2.47 bits per heavy atom. The first-order chi connectivity index (χ1) is 7.06. The number of nitrogens with two attached hydrogens (primary N) is 1. The maximum atomic E-state index is 9.41. The summed E-state index contributed by atoms with van der Waals surface area (Å²) in [4.78, 5) is 5.75. The zero-order valence-corrected chi connectivity index (χ0v) is 10.5. The van der Waals surface area contributed by atoms with Crippen LogP contribution in [0.4, 0.5) is 0 Å². The Bertz CT molecular complexity index is 291. The fourth-order valence-electron chi connectivity index (χ4n) is 1.51. The van der Waals surface area contributed by atoms with Gasteiger partial charge < -0.3 is 10.8 Å². The number of rotatable bonds is 5. The highest BCUT2D eigenvalue weighted by molar-refractivity contribution is 7.11. The standard InChI is InChI=1S/C11H20N2OS/c1-4-11(6-12,7-14)5-10-13-8(2)9(3)15-10/h14H,4-7,12H2,1-3H3. The average molecular weight is 228 g/mol. The molecule has 3 N–H and O–H groups in total. The molecule has 3 nitrogen and oxygen atoms in total. The molecule has 0 spiro atoms. The third kappa shape index (κ3) is 2.77. The lowest BCUT2D eigenvalue weighted by Crippen LogP contribution is -2.35. The van der Waals surface area contributed by atoms with Crippen molar-refractivity contribution in [2.24, 2.45) is 11.1 Å². The summed E-state index contributed by atoms with van der Waals surface area (Å²) in [5.41, 5.74) is 6.65. The van der Waals surface area contributed by atoms with Crippen molar-refractivity contribution in [3.05, 3.63) is 15.6 Å². The fraction of sp³-hybridized carbons (Fsp3) is 0.727. The molecule has 0 aromatic carbocycles. The monoisotopic (exact) mass is 228 g/mol. The van der Waals surface area contributed by atoms with Crippen molar-refractivity contribution in [1.82, 2.24) is 4.98 Å². The van der Waals surface area contributed by atoms with Crippen molar-refractivity contribution < 1.29 is 5.11 Å². The van der Waals surface area contributed by atoms with Crippen LogP contribution in [0.15, 0.2) is 0 Å². The van der Waals surface area contributed by atoms with E-state index in [2.05, 4.69) is 18.8 Å². The molecule has 0 aliphatic rings. The quantitative estimate of drug-likeness (QED) is 0.805. The summed E-state index contributed by atoms with van der Waals surface area (Å²) in [6.45, 7) is 6.81. The van der Waals surface area contributed by atoms with E-state index in [0.717, 1.165) is 23.5 Å². The minimum atomic E-state index is -0.184. The van der Waals surface area contributed by atoms with Crippen LogP contribution in [0.5, 0.6) is 0 Å². The fourth-order valence-corrected chi connectivity index (χ4v) is 2.62. The molecule has 86 valence electrons. The highest BCUT2D eigenvalue weighted by Crippen LogP contribution is 2.28. The van der Waals surface area contributed by atoms with E-state index in [1.165, 1.54) is 4.88 Å². The second kappa shape index (κ2) is 5.05. The summed E-state index contributed by atoms with van der Waals surface area (Å²) in [6, 6.07) is 0. The van der Waals surface area contributed by atoms with Crippen molar-refractivity contribution in [2.75, 3.05) is 13.2 Å². The molecule has 1 heterocycles. The summed E-state index contributed by atoms with van der Waals surface area (Å²) in [6.07, 6.45) is 1.67. The molecule has 0 saturated heterocycles. The first-order valence-electron chi connectivity index (χ1n) is 5.30. The van der Waals surface area contributed by atoms with Crippen molar-refractivity contribution in [1.29, 1.82) is 0 Å². The van der Waals surface area contributed by atoms with Gasteiger partial charge in [-0.3, -0.25) is 0 Å². The molecule has 1 rings (SSSR count). The number of aliphatic hydroxyl groups is 1. The van der Waals surface area contributed by atoms with Crippen molar-refractivity contribution >= 4 is 11.3 Å². The van der Waals surface area contributed by atoms with Gasteiger partial charge in [0.05, 0.1) is 17.3 Å². The zero-order chi connectivity index (χ0) is 11.5. The van der Waals surface area contributed by atoms with Gasteiger partial charge in [-0.25, -0.2) is 4.98 Å². The lowest BCUT2D eigenvalue weighted by Gasteiger charge is -2.27. The number of thiazole rings is 1. The zero-order valence-electron chi connectivity index (χ0n) is 9.71. The van der Waals surface area contributed by atoms with E-state index in [0.29, 0.717) is 6.54 Å². The maximum Gasteiger partial charge on any atom is 0.0937 e. The van der Waals surface area contributed by atoms with E-state index >= 15 is 0 Å². The predicted octanol–water partition coefficient (Wildman–Crippen LogP) is 1.65. The molecule has 0 fully saturated rings. The van der Waals surface area contributed by atoms with Gasteiger partial charge in [0.1, 0.15) is 0 Å². The summed E-state index contributed by atoms with van der Waals surface area (Å²) >= 11 is 1.71. The van der Waals surface area contributed by atoms with Crippen LogP contribution < -0.4 is 5.73 Å². The lowest BCUT2D eigenvalue weighted by atomic mass is 9.83. The SMILES string of the molecule is CCC(CN)(CO)Cc1nc(C)c(C)s1. The molecule has 0 saturated carbocycles.